The topological polar surface area (TPSA) is 92.1 Å². The number of hydrogen-bond acceptors (Lipinski definition) is 6. The van der Waals surface area contributed by atoms with Crippen molar-refractivity contribution in [2.75, 3.05) is 18.2 Å². The van der Waals surface area contributed by atoms with Gasteiger partial charge >= 0.3 is 0 Å². The summed E-state index contributed by atoms with van der Waals surface area (Å²) in [4.78, 5) is 4.02. The van der Waals surface area contributed by atoms with E-state index in [-0.39, 0.29) is 12.6 Å². The summed E-state index contributed by atoms with van der Waals surface area (Å²) < 4.78 is 27.0. The fourth-order valence-electron chi connectivity index (χ4n) is 2.06. The Hall–Kier alpha value is -2.17. The van der Waals surface area contributed by atoms with E-state index in [1.807, 2.05) is 31.2 Å². The normalized spacial score (nSPS) is 12.8. The number of nitrogens with zero attached hydrogens (tertiary/aromatic N) is 2. The highest BCUT2D eigenvalue weighted by Crippen LogP contribution is 2.21. The predicted molar refractivity (Wildman–Crippen MR) is 85.0 cm³/mol. The molecule has 116 valence electrons. The summed E-state index contributed by atoms with van der Waals surface area (Å²) >= 11 is 0. The van der Waals surface area contributed by atoms with E-state index in [0.717, 1.165) is 22.7 Å². The molecular formula is C15H17N3O3S. The van der Waals surface area contributed by atoms with Crippen LogP contribution in [-0.2, 0) is 14.3 Å². The van der Waals surface area contributed by atoms with Crippen LogP contribution in [0.1, 0.15) is 19.0 Å². The van der Waals surface area contributed by atoms with E-state index in [2.05, 4.69) is 16.4 Å². The second-order valence-electron chi connectivity index (χ2n) is 4.95. The zero-order valence-corrected chi connectivity index (χ0v) is 13.2. The molecule has 0 saturated carbocycles. The van der Waals surface area contributed by atoms with E-state index in [0.29, 0.717) is 12.1 Å². The number of aromatic nitrogens is 1. The largest absolute Gasteiger partial charge is 0.380 e. The zero-order valence-electron chi connectivity index (χ0n) is 12.4. The van der Waals surface area contributed by atoms with Crippen molar-refractivity contribution in [3.63, 3.8) is 0 Å². The number of nitriles is 1. The molecule has 7 heteroatoms. The van der Waals surface area contributed by atoms with Gasteiger partial charge in [-0.2, -0.15) is 13.7 Å². The summed E-state index contributed by atoms with van der Waals surface area (Å²) in [5, 5.41) is 14.0. The number of hydrogen-bond donors (Lipinski definition) is 1. The van der Waals surface area contributed by atoms with Crippen LogP contribution in [0.2, 0.25) is 0 Å². The van der Waals surface area contributed by atoms with Gasteiger partial charge in [-0.3, -0.25) is 4.18 Å². The summed E-state index contributed by atoms with van der Waals surface area (Å²) in [5.74, 6) is 0. The van der Waals surface area contributed by atoms with Crippen molar-refractivity contribution in [2.45, 2.75) is 19.4 Å². The first-order valence-corrected chi connectivity index (χ1v) is 8.64. The van der Waals surface area contributed by atoms with Crippen molar-refractivity contribution in [2.24, 2.45) is 0 Å². The first-order chi connectivity index (χ1) is 10.4. The number of rotatable bonds is 6. The standard InChI is InChI=1S/C15H17N3O3S/c1-3-12(10-21-22(2,19)20)18-13-4-5-14-11(8-13)6-7-17-15(14)9-16/h4-8,12,18H,3,10H2,1-2H3/t12-/m0/s1. The summed E-state index contributed by atoms with van der Waals surface area (Å²) in [6.45, 7) is 2.02. The number of anilines is 1. The van der Waals surface area contributed by atoms with E-state index in [1.165, 1.54) is 0 Å². The Morgan fingerprint density at radius 1 is 1.41 bits per heavy atom. The molecule has 0 aliphatic carbocycles. The lowest BCUT2D eigenvalue weighted by atomic mass is 10.1. The number of nitrogens with one attached hydrogen (secondary N) is 1. The summed E-state index contributed by atoms with van der Waals surface area (Å²) in [6, 6.07) is 9.34. The van der Waals surface area contributed by atoms with E-state index in [1.54, 1.807) is 6.20 Å². The Bertz CT molecular complexity index is 812. The molecule has 0 radical (unpaired) electrons. The zero-order chi connectivity index (χ0) is 16.2. The van der Waals surface area contributed by atoms with Gasteiger partial charge in [0.1, 0.15) is 11.8 Å². The van der Waals surface area contributed by atoms with Gasteiger partial charge in [0.05, 0.1) is 18.9 Å². The molecule has 1 N–H and O–H groups in total. The second kappa shape index (κ2) is 6.73. The van der Waals surface area contributed by atoms with Crippen LogP contribution in [0.5, 0.6) is 0 Å². The quantitative estimate of drug-likeness (QED) is 0.821. The Morgan fingerprint density at radius 2 is 2.18 bits per heavy atom. The van der Waals surface area contributed by atoms with Crippen LogP contribution in [0.3, 0.4) is 0 Å². The molecular weight excluding hydrogens is 302 g/mol. The first kappa shape index (κ1) is 16.2. The van der Waals surface area contributed by atoms with E-state index in [9.17, 15) is 8.42 Å². The molecule has 0 amide bonds. The van der Waals surface area contributed by atoms with Crippen LogP contribution in [0, 0.1) is 11.3 Å². The Balaban J connectivity index is 2.19. The Morgan fingerprint density at radius 3 is 2.82 bits per heavy atom. The maximum Gasteiger partial charge on any atom is 0.264 e. The van der Waals surface area contributed by atoms with Crippen molar-refractivity contribution in [3.8, 4) is 6.07 Å². The molecule has 0 spiro atoms. The molecule has 0 aliphatic rings. The Kier molecular flexibility index (Phi) is 4.96. The van der Waals surface area contributed by atoms with Gasteiger partial charge in [0.15, 0.2) is 0 Å². The third-order valence-corrected chi connectivity index (χ3v) is 3.78. The first-order valence-electron chi connectivity index (χ1n) is 6.82. The second-order valence-corrected chi connectivity index (χ2v) is 6.59. The van der Waals surface area contributed by atoms with Crippen molar-refractivity contribution < 1.29 is 12.6 Å². The lowest BCUT2D eigenvalue weighted by molar-refractivity contribution is 0.300. The molecule has 6 nitrogen and oxygen atoms in total. The van der Waals surface area contributed by atoms with Crippen LogP contribution < -0.4 is 5.32 Å². The predicted octanol–water partition coefficient (Wildman–Crippen LogP) is 2.27. The molecule has 2 aromatic rings. The fourth-order valence-corrected chi connectivity index (χ4v) is 2.47. The number of pyridine rings is 1. The van der Waals surface area contributed by atoms with Crippen molar-refractivity contribution >= 4 is 26.6 Å². The van der Waals surface area contributed by atoms with Gasteiger partial charge < -0.3 is 5.32 Å². The molecule has 0 aliphatic heterocycles. The van der Waals surface area contributed by atoms with Gasteiger partial charge in [-0.05, 0) is 36.1 Å². The third kappa shape index (κ3) is 4.16. The molecule has 0 bridgehead atoms. The summed E-state index contributed by atoms with van der Waals surface area (Å²) in [5.41, 5.74) is 1.23. The van der Waals surface area contributed by atoms with Crippen LogP contribution in [0.15, 0.2) is 30.5 Å². The molecule has 22 heavy (non-hydrogen) atoms. The van der Waals surface area contributed by atoms with Crippen LogP contribution >= 0.6 is 0 Å². The van der Waals surface area contributed by atoms with Gasteiger partial charge in [-0.25, -0.2) is 4.98 Å². The molecule has 0 saturated heterocycles. The van der Waals surface area contributed by atoms with Crippen molar-refractivity contribution in [1.82, 2.24) is 4.98 Å². The lowest BCUT2D eigenvalue weighted by Gasteiger charge is -2.18. The Labute approximate surface area is 129 Å². The minimum atomic E-state index is -3.45. The number of fused-ring (bicyclic) bond motifs is 1. The molecule has 1 aromatic carbocycles. The summed E-state index contributed by atoms with van der Waals surface area (Å²) in [6.07, 6.45) is 3.34. The SMILES string of the molecule is CC[C@@H](COS(C)(=O)=O)Nc1ccc2c(C#N)nccc2c1. The highest BCUT2D eigenvalue weighted by molar-refractivity contribution is 7.85. The average Bonchev–Trinajstić information content (AvgIpc) is 2.49. The smallest absolute Gasteiger partial charge is 0.264 e. The van der Waals surface area contributed by atoms with Gasteiger partial charge in [0.2, 0.25) is 0 Å². The van der Waals surface area contributed by atoms with Gasteiger partial charge in [0.25, 0.3) is 10.1 Å². The van der Waals surface area contributed by atoms with Gasteiger partial charge in [0, 0.05) is 17.3 Å². The molecule has 0 unspecified atom stereocenters. The van der Waals surface area contributed by atoms with E-state index >= 15 is 0 Å². The molecule has 1 heterocycles. The molecule has 0 fully saturated rings. The van der Waals surface area contributed by atoms with Crippen LogP contribution in [0.25, 0.3) is 10.8 Å². The van der Waals surface area contributed by atoms with Crippen LogP contribution in [-0.4, -0.2) is 32.3 Å². The highest BCUT2D eigenvalue weighted by atomic mass is 32.2. The van der Waals surface area contributed by atoms with Crippen molar-refractivity contribution in [3.05, 3.63) is 36.2 Å². The monoisotopic (exact) mass is 319 g/mol. The average molecular weight is 319 g/mol. The maximum absolute atomic E-state index is 11.1. The molecule has 2 rings (SSSR count). The number of benzene rings is 1. The fraction of sp³-hybridized carbons (Fsp3) is 0.333. The van der Waals surface area contributed by atoms with Gasteiger partial charge in [-0.1, -0.05) is 6.92 Å². The minimum Gasteiger partial charge on any atom is -0.380 e. The van der Waals surface area contributed by atoms with E-state index in [4.69, 9.17) is 9.44 Å². The third-order valence-electron chi connectivity index (χ3n) is 3.22. The van der Waals surface area contributed by atoms with E-state index < -0.39 is 10.1 Å². The molecule has 1 atom stereocenters. The molecule has 1 aromatic heterocycles. The van der Waals surface area contributed by atoms with Crippen molar-refractivity contribution in [1.29, 1.82) is 5.26 Å². The summed E-state index contributed by atoms with van der Waals surface area (Å²) in [7, 11) is -3.45. The minimum absolute atomic E-state index is 0.0765. The van der Waals surface area contributed by atoms with Crippen LogP contribution in [0.4, 0.5) is 5.69 Å². The highest BCUT2D eigenvalue weighted by Gasteiger charge is 2.11. The van der Waals surface area contributed by atoms with Gasteiger partial charge in [-0.15, -0.1) is 0 Å². The maximum atomic E-state index is 11.1. The lowest BCUT2D eigenvalue weighted by Crippen LogP contribution is -2.26.